The summed E-state index contributed by atoms with van der Waals surface area (Å²) >= 11 is 0. The van der Waals surface area contributed by atoms with Crippen LogP contribution in [0.15, 0.2) is 48.8 Å². The molecular weight excluding hydrogens is 372 g/mol. The number of hydrazine groups is 1. The van der Waals surface area contributed by atoms with E-state index in [4.69, 9.17) is 15.2 Å². The van der Waals surface area contributed by atoms with E-state index in [2.05, 4.69) is 26.1 Å². The Kier molecular flexibility index (Phi) is 5.98. The topological polar surface area (TPSA) is 123 Å². The molecule has 1 amide bonds. The molecule has 29 heavy (non-hydrogen) atoms. The molecule has 0 aliphatic rings. The maximum Gasteiger partial charge on any atom is 0.269 e. The van der Waals surface area contributed by atoms with Crippen LogP contribution in [0, 0.1) is 6.92 Å². The van der Waals surface area contributed by atoms with Crippen molar-refractivity contribution in [1.29, 1.82) is 0 Å². The van der Waals surface area contributed by atoms with Gasteiger partial charge in [-0.05, 0) is 48.9 Å². The number of aryl methyl sites for hydroxylation is 1. The van der Waals surface area contributed by atoms with E-state index in [1.54, 1.807) is 38.5 Å². The normalized spacial score (nSPS) is 10.2. The predicted octanol–water partition coefficient (Wildman–Crippen LogP) is 2.88. The fraction of sp³-hybridized carbons (Fsp3) is 0.150. The van der Waals surface area contributed by atoms with Crippen molar-refractivity contribution in [3.63, 3.8) is 0 Å². The van der Waals surface area contributed by atoms with Gasteiger partial charge >= 0.3 is 0 Å². The second-order valence-electron chi connectivity index (χ2n) is 6.12. The lowest BCUT2D eigenvalue weighted by atomic mass is 10.2. The second-order valence-corrected chi connectivity index (χ2v) is 6.12. The third-order valence-corrected chi connectivity index (χ3v) is 4.14. The Hall–Kier alpha value is -4.01. The van der Waals surface area contributed by atoms with E-state index in [1.807, 2.05) is 25.1 Å². The molecule has 5 N–H and O–H groups in total. The highest BCUT2D eigenvalue weighted by molar-refractivity contribution is 5.95. The van der Waals surface area contributed by atoms with Crippen LogP contribution < -0.4 is 31.4 Å². The highest BCUT2D eigenvalue weighted by Crippen LogP contribution is 2.31. The molecule has 0 bridgehead atoms. The van der Waals surface area contributed by atoms with Crippen molar-refractivity contribution in [3.05, 3.63) is 59.9 Å². The van der Waals surface area contributed by atoms with Crippen molar-refractivity contribution in [2.24, 2.45) is 0 Å². The number of benzene rings is 2. The van der Waals surface area contributed by atoms with Crippen LogP contribution in [0.3, 0.4) is 0 Å². The lowest BCUT2D eigenvalue weighted by Crippen LogP contribution is -2.30. The number of nitrogens with two attached hydrogens (primary N) is 1. The molecule has 0 spiro atoms. The number of ether oxygens (including phenoxy) is 2. The minimum atomic E-state index is -0.347. The molecule has 3 rings (SSSR count). The zero-order valence-electron chi connectivity index (χ0n) is 16.3. The van der Waals surface area contributed by atoms with E-state index in [1.165, 1.54) is 6.33 Å². The molecule has 0 fully saturated rings. The Morgan fingerprint density at radius 1 is 1.00 bits per heavy atom. The maximum absolute atomic E-state index is 12.3. The summed E-state index contributed by atoms with van der Waals surface area (Å²) in [6, 6.07) is 12.4. The van der Waals surface area contributed by atoms with Crippen LogP contribution >= 0.6 is 0 Å². The highest BCUT2D eigenvalue weighted by atomic mass is 16.5. The van der Waals surface area contributed by atoms with Gasteiger partial charge in [0.15, 0.2) is 11.6 Å². The monoisotopic (exact) mass is 394 g/mol. The number of nitrogens with one attached hydrogen (secondary N) is 3. The molecule has 0 aliphatic heterocycles. The number of hydrogen-bond donors (Lipinski definition) is 4. The van der Waals surface area contributed by atoms with Gasteiger partial charge in [-0.1, -0.05) is 6.07 Å². The molecule has 3 aromatic rings. The van der Waals surface area contributed by atoms with Gasteiger partial charge in [-0.25, -0.2) is 9.97 Å². The Morgan fingerprint density at radius 3 is 2.41 bits per heavy atom. The van der Waals surface area contributed by atoms with E-state index in [0.717, 1.165) is 5.56 Å². The second kappa shape index (κ2) is 8.79. The number of rotatable bonds is 7. The standard InChI is InChI=1S/C20H22N6O3/c1-12-4-9-16(29-3)15(10-12)24-18-17(21)19(23-11-22-18)25-26-20(27)13-5-7-14(28-2)8-6-13/h4-11H,21H2,1-3H3,(H,26,27)(H2,22,23,24,25). The van der Waals surface area contributed by atoms with Gasteiger partial charge in [0, 0.05) is 5.56 Å². The lowest BCUT2D eigenvalue weighted by molar-refractivity contribution is 0.0962. The van der Waals surface area contributed by atoms with Crippen molar-refractivity contribution < 1.29 is 14.3 Å². The van der Waals surface area contributed by atoms with Crippen LogP contribution in [0.5, 0.6) is 11.5 Å². The first-order chi connectivity index (χ1) is 14.0. The summed E-state index contributed by atoms with van der Waals surface area (Å²) < 4.78 is 10.4. The average molecular weight is 394 g/mol. The van der Waals surface area contributed by atoms with Crippen LogP contribution in [0.25, 0.3) is 0 Å². The van der Waals surface area contributed by atoms with E-state index < -0.39 is 0 Å². The van der Waals surface area contributed by atoms with Crippen molar-refractivity contribution in [3.8, 4) is 11.5 Å². The molecule has 0 atom stereocenters. The minimum absolute atomic E-state index is 0.242. The fourth-order valence-electron chi connectivity index (χ4n) is 2.57. The van der Waals surface area contributed by atoms with Gasteiger partial charge in [0.25, 0.3) is 5.91 Å². The first-order valence-corrected chi connectivity index (χ1v) is 8.74. The van der Waals surface area contributed by atoms with Gasteiger partial charge < -0.3 is 20.5 Å². The molecule has 9 heteroatoms. The summed E-state index contributed by atoms with van der Waals surface area (Å²) in [5, 5.41) is 3.14. The largest absolute Gasteiger partial charge is 0.497 e. The Labute approximate surface area is 168 Å². The van der Waals surface area contributed by atoms with Crippen LogP contribution in [-0.2, 0) is 0 Å². The van der Waals surface area contributed by atoms with Gasteiger partial charge in [-0.3, -0.25) is 15.6 Å². The highest BCUT2D eigenvalue weighted by Gasteiger charge is 2.12. The number of nitrogens with zero attached hydrogens (tertiary/aromatic N) is 2. The Morgan fingerprint density at radius 2 is 1.72 bits per heavy atom. The average Bonchev–Trinajstić information content (AvgIpc) is 2.74. The van der Waals surface area contributed by atoms with Gasteiger partial charge in [0.1, 0.15) is 23.5 Å². The number of carbonyl (C=O) groups excluding carboxylic acids is 1. The van der Waals surface area contributed by atoms with Crippen LogP contribution in [-0.4, -0.2) is 30.1 Å². The predicted molar refractivity (Wildman–Crippen MR) is 112 cm³/mol. The molecule has 150 valence electrons. The van der Waals surface area contributed by atoms with Crippen molar-refractivity contribution in [1.82, 2.24) is 15.4 Å². The van der Waals surface area contributed by atoms with E-state index in [9.17, 15) is 4.79 Å². The van der Waals surface area contributed by atoms with Crippen molar-refractivity contribution >= 4 is 28.9 Å². The van der Waals surface area contributed by atoms with Gasteiger partial charge in [0.05, 0.1) is 19.9 Å². The number of methoxy groups -OCH3 is 2. The Bertz CT molecular complexity index is 1010. The summed E-state index contributed by atoms with van der Waals surface area (Å²) in [4.78, 5) is 20.5. The van der Waals surface area contributed by atoms with E-state index >= 15 is 0 Å². The lowest BCUT2D eigenvalue weighted by Gasteiger charge is -2.15. The third kappa shape index (κ3) is 4.64. The van der Waals surface area contributed by atoms with Crippen molar-refractivity contribution in [2.45, 2.75) is 6.92 Å². The molecule has 1 heterocycles. The number of hydrogen-bond acceptors (Lipinski definition) is 8. The van der Waals surface area contributed by atoms with Crippen LogP contribution in [0.2, 0.25) is 0 Å². The number of aromatic nitrogens is 2. The minimum Gasteiger partial charge on any atom is -0.497 e. The number of carbonyl (C=O) groups is 1. The molecule has 0 saturated heterocycles. The first-order valence-electron chi connectivity index (χ1n) is 8.74. The number of amides is 1. The smallest absolute Gasteiger partial charge is 0.269 e. The summed E-state index contributed by atoms with van der Waals surface area (Å²) in [6.07, 6.45) is 1.34. The molecule has 2 aromatic carbocycles. The van der Waals surface area contributed by atoms with E-state index in [0.29, 0.717) is 28.6 Å². The van der Waals surface area contributed by atoms with Crippen molar-refractivity contribution in [2.75, 3.05) is 30.7 Å². The van der Waals surface area contributed by atoms with Crippen LogP contribution in [0.1, 0.15) is 15.9 Å². The Balaban J connectivity index is 1.73. The molecule has 0 aliphatic carbocycles. The van der Waals surface area contributed by atoms with E-state index in [-0.39, 0.29) is 17.4 Å². The SMILES string of the molecule is COc1ccc(C(=O)NNc2ncnc(Nc3cc(C)ccc3OC)c2N)cc1. The van der Waals surface area contributed by atoms with Gasteiger partial charge in [-0.2, -0.15) is 0 Å². The fourth-order valence-corrected chi connectivity index (χ4v) is 2.57. The number of anilines is 4. The number of nitrogen functional groups attached to an aromatic ring is 1. The third-order valence-electron chi connectivity index (χ3n) is 4.14. The zero-order valence-corrected chi connectivity index (χ0v) is 16.3. The summed E-state index contributed by atoms with van der Waals surface area (Å²) in [7, 11) is 3.15. The van der Waals surface area contributed by atoms with Gasteiger partial charge in [-0.15, -0.1) is 0 Å². The first kappa shape index (κ1) is 19.7. The summed E-state index contributed by atoms with van der Waals surface area (Å²) in [6.45, 7) is 1.97. The van der Waals surface area contributed by atoms with Gasteiger partial charge in [0.2, 0.25) is 0 Å². The molecule has 0 unspecified atom stereocenters. The molecule has 0 saturated carbocycles. The maximum atomic E-state index is 12.3. The summed E-state index contributed by atoms with van der Waals surface area (Å²) in [5.41, 5.74) is 13.9. The quantitative estimate of drug-likeness (QED) is 0.451. The molecule has 0 radical (unpaired) electrons. The molecule has 1 aromatic heterocycles. The molecular formula is C20H22N6O3. The zero-order chi connectivity index (χ0) is 20.8. The summed E-state index contributed by atoms with van der Waals surface area (Å²) in [5.74, 6) is 1.61. The van der Waals surface area contributed by atoms with Crippen LogP contribution in [0.4, 0.5) is 23.0 Å². The molecule has 9 nitrogen and oxygen atoms in total.